The molecule has 0 atom stereocenters. The number of quaternary nitrogens is 1. The van der Waals surface area contributed by atoms with Crippen LogP contribution in [0.25, 0.3) is 0 Å². The molecule has 0 unspecified atom stereocenters. The Labute approximate surface area is 119 Å². The summed E-state index contributed by atoms with van der Waals surface area (Å²) < 4.78 is 14.2. The lowest BCUT2D eigenvalue weighted by molar-refractivity contribution is -0.880. The number of rotatable bonds is 3. The Morgan fingerprint density at radius 1 is 1.35 bits per heavy atom. The van der Waals surface area contributed by atoms with Crippen molar-refractivity contribution >= 4 is 17.3 Å². The summed E-state index contributed by atoms with van der Waals surface area (Å²) in [5.41, 5.74) is 1.14. The molecule has 5 heteroatoms. The first-order chi connectivity index (χ1) is 9.47. The molecule has 1 aliphatic heterocycles. The summed E-state index contributed by atoms with van der Waals surface area (Å²) in [7, 11) is 2.15. The highest BCUT2D eigenvalue weighted by molar-refractivity contribution is 5.92. The Bertz CT molecular complexity index is 482. The number of carbonyl (C=O) groups is 1. The molecule has 1 aromatic carbocycles. The zero-order valence-electron chi connectivity index (χ0n) is 12.4. The molecule has 20 heavy (non-hydrogen) atoms. The predicted octanol–water partition coefficient (Wildman–Crippen LogP) is 0.755. The molecule has 1 fully saturated rings. The minimum Gasteiger partial charge on any atom is -0.358 e. The van der Waals surface area contributed by atoms with Crippen LogP contribution < -0.4 is 15.1 Å². The van der Waals surface area contributed by atoms with E-state index in [0.29, 0.717) is 11.4 Å². The van der Waals surface area contributed by atoms with Crippen LogP contribution >= 0.6 is 0 Å². The normalized spacial score (nSPS) is 16.6. The van der Waals surface area contributed by atoms with Gasteiger partial charge in [0.1, 0.15) is 5.82 Å². The molecule has 1 aromatic rings. The van der Waals surface area contributed by atoms with Crippen LogP contribution in [0.1, 0.15) is 13.8 Å². The number of halogens is 1. The van der Waals surface area contributed by atoms with E-state index in [1.807, 2.05) is 13.8 Å². The third-order valence-electron chi connectivity index (χ3n) is 3.70. The summed E-state index contributed by atoms with van der Waals surface area (Å²) in [6, 6.07) is 4.93. The van der Waals surface area contributed by atoms with Crippen LogP contribution in [0.5, 0.6) is 0 Å². The molecule has 110 valence electrons. The van der Waals surface area contributed by atoms with Crippen molar-refractivity contribution in [1.82, 2.24) is 0 Å². The number of hydrogen-bond acceptors (Lipinski definition) is 2. The molecule has 2 N–H and O–H groups in total. The molecule has 0 saturated carbocycles. The maximum atomic E-state index is 14.2. The lowest BCUT2D eigenvalue weighted by Crippen LogP contribution is -3.12. The monoisotopic (exact) mass is 280 g/mol. The SMILES string of the molecule is CC(C)C(=O)Nc1ccc(N2CC[NH+](C)CC2)c(F)c1. The van der Waals surface area contributed by atoms with E-state index < -0.39 is 0 Å². The molecule has 0 aromatic heterocycles. The zero-order valence-corrected chi connectivity index (χ0v) is 12.4. The van der Waals surface area contributed by atoms with Gasteiger partial charge >= 0.3 is 0 Å². The Morgan fingerprint density at radius 3 is 2.55 bits per heavy atom. The van der Waals surface area contributed by atoms with Crippen LogP contribution in [-0.2, 0) is 4.79 Å². The van der Waals surface area contributed by atoms with Gasteiger partial charge < -0.3 is 15.1 Å². The van der Waals surface area contributed by atoms with Crippen LogP contribution in [0, 0.1) is 11.7 Å². The molecule has 1 aliphatic rings. The first-order valence-electron chi connectivity index (χ1n) is 7.14. The fourth-order valence-corrected chi connectivity index (χ4v) is 2.26. The predicted molar refractivity (Wildman–Crippen MR) is 78.7 cm³/mol. The summed E-state index contributed by atoms with van der Waals surface area (Å²) >= 11 is 0. The summed E-state index contributed by atoms with van der Waals surface area (Å²) in [4.78, 5) is 15.1. The topological polar surface area (TPSA) is 36.8 Å². The van der Waals surface area contributed by atoms with Crippen LogP contribution in [0.4, 0.5) is 15.8 Å². The van der Waals surface area contributed by atoms with Gasteiger partial charge in [0.25, 0.3) is 0 Å². The lowest BCUT2D eigenvalue weighted by atomic mass is 10.2. The second-order valence-corrected chi connectivity index (χ2v) is 5.75. The highest BCUT2D eigenvalue weighted by Gasteiger charge is 2.20. The van der Waals surface area contributed by atoms with E-state index in [1.54, 1.807) is 12.1 Å². The molecule has 0 spiro atoms. The number of nitrogens with one attached hydrogen (secondary N) is 2. The standard InChI is InChI=1S/C15H22FN3O/c1-11(2)15(20)17-12-4-5-14(13(16)10-12)19-8-6-18(3)7-9-19/h4-5,10-11H,6-9H2,1-3H3,(H,17,20)/p+1. The average molecular weight is 280 g/mol. The van der Waals surface area contributed by atoms with Gasteiger partial charge in [-0.25, -0.2) is 4.39 Å². The van der Waals surface area contributed by atoms with Crippen molar-refractivity contribution in [1.29, 1.82) is 0 Å². The van der Waals surface area contributed by atoms with Gasteiger partial charge in [0.15, 0.2) is 0 Å². The smallest absolute Gasteiger partial charge is 0.226 e. The first kappa shape index (κ1) is 14.8. The van der Waals surface area contributed by atoms with Gasteiger partial charge in [0.05, 0.1) is 38.9 Å². The van der Waals surface area contributed by atoms with E-state index in [9.17, 15) is 9.18 Å². The number of nitrogens with zero attached hydrogens (tertiary/aromatic N) is 1. The Hall–Kier alpha value is -1.62. The van der Waals surface area contributed by atoms with E-state index in [4.69, 9.17) is 0 Å². The minimum atomic E-state index is -0.272. The van der Waals surface area contributed by atoms with Gasteiger partial charge in [-0.05, 0) is 18.2 Å². The van der Waals surface area contributed by atoms with Gasteiger partial charge in [0, 0.05) is 11.6 Å². The van der Waals surface area contributed by atoms with Crippen molar-refractivity contribution in [3.05, 3.63) is 24.0 Å². The fourth-order valence-electron chi connectivity index (χ4n) is 2.26. The second-order valence-electron chi connectivity index (χ2n) is 5.75. The Morgan fingerprint density at radius 2 is 2.00 bits per heavy atom. The molecule has 1 saturated heterocycles. The van der Waals surface area contributed by atoms with E-state index in [0.717, 1.165) is 26.2 Å². The molecule has 0 bridgehead atoms. The second kappa shape index (κ2) is 6.22. The number of likely N-dealkylation sites (N-methyl/N-ethyl adjacent to an activating group) is 1. The molecular weight excluding hydrogens is 257 g/mol. The van der Waals surface area contributed by atoms with Gasteiger partial charge in [-0.2, -0.15) is 0 Å². The van der Waals surface area contributed by atoms with Crippen molar-refractivity contribution in [2.75, 3.05) is 43.4 Å². The largest absolute Gasteiger partial charge is 0.358 e. The zero-order chi connectivity index (χ0) is 14.7. The van der Waals surface area contributed by atoms with Gasteiger partial charge in [0.2, 0.25) is 5.91 Å². The van der Waals surface area contributed by atoms with Gasteiger partial charge in [-0.15, -0.1) is 0 Å². The summed E-state index contributed by atoms with van der Waals surface area (Å²) in [5, 5.41) is 2.72. The lowest BCUT2D eigenvalue weighted by Gasteiger charge is -2.32. The van der Waals surface area contributed by atoms with E-state index in [-0.39, 0.29) is 17.6 Å². The molecule has 2 rings (SSSR count). The number of hydrogen-bond donors (Lipinski definition) is 2. The van der Waals surface area contributed by atoms with Crippen molar-refractivity contribution < 1.29 is 14.1 Å². The minimum absolute atomic E-state index is 0.0969. The summed E-state index contributed by atoms with van der Waals surface area (Å²) in [6.45, 7) is 7.39. The van der Waals surface area contributed by atoms with Crippen molar-refractivity contribution in [3.63, 3.8) is 0 Å². The maximum Gasteiger partial charge on any atom is 0.226 e. The van der Waals surface area contributed by atoms with Crippen LogP contribution in [0.15, 0.2) is 18.2 Å². The molecule has 0 aliphatic carbocycles. The Kier molecular flexibility index (Phi) is 4.60. The van der Waals surface area contributed by atoms with Crippen LogP contribution in [-0.4, -0.2) is 39.1 Å². The molecule has 1 amide bonds. The third-order valence-corrected chi connectivity index (χ3v) is 3.70. The molecule has 0 radical (unpaired) electrons. The summed E-state index contributed by atoms with van der Waals surface area (Å²) in [5.74, 6) is -0.482. The summed E-state index contributed by atoms with van der Waals surface area (Å²) in [6.07, 6.45) is 0. The molecule has 4 nitrogen and oxygen atoms in total. The van der Waals surface area contributed by atoms with Crippen molar-refractivity contribution in [2.45, 2.75) is 13.8 Å². The van der Waals surface area contributed by atoms with Crippen molar-refractivity contribution in [3.8, 4) is 0 Å². The number of benzene rings is 1. The maximum absolute atomic E-state index is 14.2. The Balaban J connectivity index is 2.08. The highest BCUT2D eigenvalue weighted by Crippen LogP contribution is 2.23. The van der Waals surface area contributed by atoms with E-state index >= 15 is 0 Å². The van der Waals surface area contributed by atoms with Gasteiger partial charge in [-0.1, -0.05) is 13.8 Å². The van der Waals surface area contributed by atoms with Crippen LogP contribution in [0.2, 0.25) is 0 Å². The molecule has 1 heterocycles. The molecular formula is C15H23FN3O+. The van der Waals surface area contributed by atoms with E-state index in [1.165, 1.54) is 11.0 Å². The average Bonchev–Trinajstić information content (AvgIpc) is 2.40. The highest BCUT2D eigenvalue weighted by atomic mass is 19.1. The fraction of sp³-hybridized carbons (Fsp3) is 0.533. The van der Waals surface area contributed by atoms with E-state index in [2.05, 4.69) is 17.3 Å². The first-order valence-corrected chi connectivity index (χ1v) is 7.14. The van der Waals surface area contributed by atoms with Gasteiger partial charge in [-0.3, -0.25) is 4.79 Å². The van der Waals surface area contributed by atoms with Crippen LogP contribution in [0.3, 0.4) is 0 Å². The number of amides is 1. The number of piperazine rings is 1. The quantitative estimate of drug-likeness (QED) is 0.857. The van der Waals surface area contributed by atoms with Crippen molar-refractivity contribution in [2.24, 2.45) is 5.92 Å². The number of carbonyl (C=O) groups excluding carboxylic acids is 1. The number of anilines is 2. The third kappa shape index (κ3) is 3.48.